The molecule has 0 aromatic heterocycles. The van der Waals surface area contributed by atoms with Crippen molar-refractivity contribution in [3.8, 4) is 0 Å². The summed E-state index contributed by atoms with van der Waals surface area (Å²) in [4.78, 5) is 21.8. The second-order valence-electron chi connectivity index (χ2n) is 3.16. The molecule has 4 nitrogen and oxygen atoms in total. The molecule has 0 aromatic rings. The van der Waals surface area contributed by atoms with Gasteiger partial charge in [-0.3, -0.25) is 4.79 Å². The first-order valence-corrected chi connectivity index (χ1v) is 5.19. The van der Waals surface area contributed by atoms with Crippen LogP contribution in [0.3, 0.4) is 0 Å². The van der Waals surface area contributed by atoms with E-state index in [1.807, 2.05) is 6.92 Å². The van der Waals surface area contributed by atoms with Crippen LogP contribution in [-0.2, 0) is 14.3 Å². The molecule has 0 unspecified atom stereocenters. The van der Waals surface area contributed by atoms with E-state index in [1.165, 1.54) is 0 Å². The molecule has 0 aliphatic heterocycles. The SMILES string of the molecule is CCCCC=C(CC(=O)O)C(=O)OCC. The maximum atomic E-state index is 11.3. The van der Waals surface area contributed by atoms with Gasteiger partial charge in [-0.15, -0.1) is 0 Å². The Morgan fingerprint density at radius 3 is 2.47 bits per heavy atom. The lowest BCUT2D eigenvalue weighted by Crippen LogP contribution is -2.11. The Bertz CT molecular complexity index is 243. The van der Waals surface area contributed by atoms with Crippen molar-refractivity contribution in [2.24, 2.45) is 0 Å². The molecule has 0 atom stereocenters. The highest BCUT2D eigenvalue weighted by atomic mass is 16.5. The first-order valence-electron chi connectivity index (χ1n) is 5.19. The van der Waals surface area contributed by atoms with E-state index in [0.29, 0.717) is 0 Å². The molecule has 0 aliphatic rings. The lowest BCUT2D eigenvalue weighted by molar-refractivity contribution is -0.142. The van der Waals surface area contributed by atoms with Gasteiger partial charge in [-0.05, 0) is 13.3 Å². The molecule has 0 aromatic carbocycles. The molecule has 0 saturated heterocycles. The van der Waals surface area contributed by atoms with Crippen LogP contribution < -0.4 is 0 Å². The Balaban J connectivity index is 4.35. The number of carbonyl (C=O) groups is 2. The van der Waals surface area contributed by atoms with Crippen molar-refractivity contribution in [3.63, 3.8) is 0 Å². The number of allylic oxidation sites excluding steroid dienone is 1. The van der Waals surface area contributed by atoms with Crippen LogP contribution in [0.15, 0.2) is 11.6 Å². The van der Waals surface area contributed by atoms with Crippen molar-refractivity contribution in [3.05, 3.63) is 11.6 Å². The minimum absolute atomic E-state index is 0.248. The summed E-state index contributed by atoms with van der Waals surface area (Å²) in [5.41, 5.74) is 0.248. The smallest absolute Gasteiger partial charge is 0.334 e. The number of carboxylic acids is 1. The molecule has 15 heavy (non-hydrogen) atoms. The summed E-state index contributed by atoms with van der Waals surface area (Å²) in [6.07, 6.45) is 4.08. The lowest BCUT2D eigenvalue weighted by Gasteiger charge is -2.04. The van der Waals surface area contributed by atoms with Gasteiger partial charge >= 0.3 is 11.9 Å². The van der Waals surface area contributed by atoms with Gasteiger partial charge in [0.2, 0.25) is 0 Å². The number of ether oxygens (including phenoxy) is 1. The maximum absolute atomic E-state index is 11.3. The summed E-state index contributed by atoms with van der Waals surface area (Å²) in [5, 5.41) is 8.61. The van der Waals surface area contributed by atoms with Gasteiger partial charge in [-0.1, -0.05) is 25.8 Å². The molecule has 0 saturated carbocycles. The van der Waals surface area contributed by atoms with Gasteiger partial charge in [0.05, 0.1) is 13.0 Å². The number of carbonyl (C=O) groups excluding carboxylic acids is 1. The van der Waals surface area contributed by atoms with E-state index in [2.05, 4.69) is 0 Å². The topological polar surface area (TPSA) is 63.6 Å². The van der Waals surface area contributed by atoms with Crippen molar-refractivity contribution in [2.45, 2.75) is 39.5 Å². The van der Waals surface area contributed by atoms with Gasteiger partial charge in [0.25, 0.3) is 0 Å². The molecule has 1 N–H and O–H groups in total. The van der Waals surface area contributed by atoms with E-state index in [4.69, 9.17) is 9.84 Å². The molecular formula is C11H18O4. The van der Waals surface area contributed by atoms with Crippen LogP contribution in [-0.4, -0.2) is 23.7 Å². The summed E-state index contributed by atoms with van der Waals surface area (Å²) in [6, 6.07) is 0. The van der Waals surface area contributed by atoms with E-state index in [1.54, 1.807) is 13.0 Å². The molecule has 0 fully saturated rings. The largest absolute Gasteiger partial charge is 0.481 e. The Morgan fingerprint density at radius 2 is 2.00 bits per heavy atom. The van der Waals surface area contributed by atoms with Crippen LogP contribution >= 0.6 is 0 Å². The second kappa shape index (κ2) is 8.03. The zero-order valence-corrected chi connectivity index (χ0v) is 9.28. The van der Waals surface area contributed by atoms with Crippen molar-refractivity contribution in [1.82, 2.24) is 0 Å². The summed E-state index contributed by atoms with van der Waals surface area (Å²) in [6.45, 7) is 4.00. The number of unbranched alkanes of at least 4 members (excludes halogenated alkanes) is 2. The van der Waals surface area contributed by atoms with E-state index in [9.17, 15) is 9.59 Å². The molecular weight excluding hydrogens is 196 g/mol. The zero-order valence-electron chi connectivity index (χ0n) is 9.28. The first-order chi connectivity index (χ1) is 7.11. The highest BCUT2D eigenvalue weighted by Crippen LogP contribution is 2.08. The molecule has 0 aliphatic carbocycles. The predicted octanol–water partition coefficient (Wildman–Crippen LogP) is 2.14. The molecule has 0 bridgehead atoms. The van der Waals surface area contributed by atoms with Gasteiger partial charge < -0.3 is 9.84 Å². The second-order valence-corrected chi connectivity index (χ2v) is 3.16. The van der Waals surface area contributed by atoms with Crippen LogP contribution in [0.2, 0.25) is 0 Å². The van der Waals surface area contributed by atoms with Crippen molar-refractivity contribution in [2.75, 3.05) is 6.61 Å². The number of esters is 1. The molecule has 0 rings (SSSR count). The molecule has 0 amide bonds. The van der Waals surface area contributed by atoms with E-state index >= 15 is 0 Å². The fourth-order valence-corrected chi connectivity index (χ4v) is 1.09. The van der Waals surface area contributed by atoms with Gasteiger partial charge in [0.15, 0.2) is 0 Å². The van der Waals surface area contributed by atoms with Crippen molar-refractivity contribution in [1.29, 1.82) is 0 Å². The fourth-order valence-electron chi connectivity index (χ4n) is 1.09. The zero-order chi connectivity index (χ0) is 11.7. The van der Waals surface area contributed by atoms with Crippen LogP contribution in [0.25, 0.3) is 0 Å². The predicted molar refractivity (Wildman–Crippen MR) is 56.5 cm³/mol. The number of carboxylic acid groups (broad SMARTS) is 1. The van der Waals surface area contributed by atoms with E-state index < -0.39 is 11.9 Å². The van der Waals surface area contributed by atoms with Crippen LogP contribution in [0, 0.1) is 0 Å². The van der Waals surface area contributed by atoms with Gasteiger partial charge in [0, 0.05) is 5.57 Å². The first kappa shape index (κ1) is 13.7. The lowest BCUT2D eigenvalue weighted by atomic mass is 10.1. The maximum Gasteiger partial charge on any atom is 0.334 e. The van der Waals surface area contributed by atoms with Crippen molar-refractivity contribution < 1.29 is 19.4 Å². The minimum atomic E-state index is -1.01. The summed E-state index contributed by atoms with van der Waals surface area (Å²) < 4.78 is 4.77. The third kappa shape index (κ3) is 6.71. The molecule has 0 heterocycles. The Kier molecular flexibility index (Phi) is 7.32. The quantitative estimate of drug-likeness (QED) is 0.400. The Labute approximate surface area is 89.9 Å². The Hall–Kier alpha value is -1.32. The monoisotopic (exact) mass is 214 g/mol. The third-order valence-corrected chi connectivity index (χ3v) is 1.83. The van der Waals surface area contributed by atoms with Crippen LogP contribution in [0.5, 0.6) is 0 Å². The number of hydrogen-bond donors (Lipinski definition) is 1. The van der Waals surface area contributed by atoms with E-state index in [-0.39, 0.29) is 18.6 Å². The normalized spacial score (nSPS) is 11.2. The number of aliphatic carboxylic acids is 1. The average Bonchev–Trinajstić information content (AvgIpc) is 2.16. The molecule has 4 heteroatoms. The number of hydrogen-bond acceptors (Lipinski definition) is 3. The van der Waals surface area contributed by atoms with Crippen LogP contribution in [0.1, 0.15) is 39.5 Å². The highest BCUT2D eigenvalue weighted by molar-refractivity contribution is 5.93. The van der Waals surface area contributed by atoms with Gasteiger partial charge in [-0.25, -0.2) is 4.79 Å². The van der Waals surface area contributed by atoms with Gasteiger partial charge in [-0.2, -0.15) is 0 Å². The standard InChI is InChI=1S/C11H18O4/c1-3-5-6-7-9(8-10(12)13)11(14)15-4-2/h7H,3-6,8H2,1-2H3,(H,12,13). The fraction of sp³-hybridized carbons (Fsp3) is 0.636. The molecule has 0 radical (unpaired) electrons. The van der Waals surface area contributed by atoms with Gasteiger partial charge in [0.1, 0.15) is 0 Å². The highest BCUT2D eigenvalue weighted by Gasteiger charge is 2.13. The van der Waals surface area contributed by atoms with Crippen LogP contribution in [0.4, 0.5) is 0 Å². The minimum Gasteiger partial charge on any atom is -0.481 e. The Morgan fingerprint density at radius 1 is 1.33 bits per heavy atom. The van der Waals surface area contributed by atoms with E-state index in [0.717, 1.165) is 19.3 Å². The molecule has 0 spiro atoms. The number of rotatable bonds is 7. The average molecular weight is 214 g/mol. The molecule has 86 valence electrons. The summed E-state index contributed by atoms with van der Waals surface area (Å²) in [5.74, 6) is -1.53. The summed E-state index contributed by atoms with van der Waals surface area (Å²) in [7, 11) is 0. The van der Waals surface area contributed by atoms with Crippen molar-refractivity contribution >= 4 is 11.9 Å². The summed E-state index contributed by atoms with van der Waals surface area (Å²) >= 11 is 0. The third-order valence-electron chi connectivity index (χ3n) is 1.83.